The van der Waals surface area contributed by atoms with Crippen LogP contribution in [0.3, 0.4) is 0 Å². The predicted molar refractivity (Wildman–Crippen MR) is 91.0 cm³/mol. The van der Waals surface area contributed by atoms with Gasteiger partial charge in [-0.05, 0) is 30.3 Å². The van der Waals surface area contributed by atoms with E-state index in [-0.39, 0.29) is 23.0 Å². The molecule has 0 aliphatic heterocycles. The molecule has 0 radical (unpaired) electrons. The van der Waals surface area contributed by atoms with Gasteiger partial charge >= 0.3 is 0 Å². The lowest BCUT2D eigenvalue weighted by Crippen LogP contribution is -2.38. The van der Waals surface area contributed by atoms with Crippen LogP contribution in [-0.2, 0) is 14.8 Å². The molecule has 25 heavy (non-hydrogen) atoms. The minimum atomic E-state index is -3.87. The number of carbonyl (C=O) groups excluding carboxylic acids is 1. The Morgan fingerprint density at radius 1 is 1.16 bits per heavy atom. The van der Waals surface area contributed by atoms with Crippen molar-refractivity contribution in [3.05, 3.63) is 59.1 Å². The lowest BCUT2D eigenvalue weighted by Gasteiger charge is -2.22. The van der Waals surface area contributed by atoms with Crippen molar-refractivity contribution in [1.29, 1.82) is 0 Å². The zero-order chi connectivity index (χ0) is 18.6. The number of sulfonamides is 1. The van der Waals surface area contributed by atoms with Gasteiger partial charge in [0, 0.05) is 25.0 Å². The summed E-state index contributed by atoms with van der Waals surface area (Å²) in [5.41, 5.74) is -0.517. The number of para-hydroxylation sites is 1. The number of anilines is 1. The molecular weight excluding hydrogens is 374 g/mol. The SMILES string of the molecule is CC(=O)N(CCNS(=O)(=O)c1cccc(Cl)c1)c1c(F)cccc1F. The van der Waals surface area contributed by atoms with Crippen LogP contribution in [-0.4, -0.2) is 27.4 Å². The second-order valence-electron chi connectivity index (χ2n) is 5.10. The maximum atomic E-state index is 13.8. The number of benzene rings is 2. The van der Waals surface area contributed by atoms with E-state index in [2.05, 4.69) is 4.72 Å². The summed E-state index contributed by atoms with van der Waals surface area (Å²) in [5.74, 6) is -2.44. The number of carbonyl (C=O) groups is 1. The zero-order valence-electron chi connectivity index (χ0n) is 13.2. The molecular formula is C16H15ClF2N2O3S. The molecule has 134 valence electrons. The first-order valence-corrected chi connectivity index (χ1v) is 9.06. The number of halogens is 3. The van der Waals surface area contributed by atoms with E-state index in [0.29, 0.717) is 0 Å². The molecule has 0 aromatic heterocycles. The van der Waals surface area contributed by atoms with Crippen LogP contribution >= 0.6 is 11.6 Å². The van der Waals surface area contributed by atoms with Crippen molar-refractivity contribution >= 4 is 33.2 Å². The van der Waals surface area contributed by atoms with Gasteiger partial charge in [-0.1, -0.05) is 23.7 Å². The molecule has 0 unspecified atom stereocenters. The Bertz CT molecular complexity index is 870. The van der Waals surface area contributed by atoms with Crippen molar-refractivity contribution in [3.8, 4) is 0 Å². The highest BCUT2D eigenvalue weighted by atomic mass is 35.5. The molecule has 1 amide bonds. The van der Waals surface area contributed by atoms with Gasteiger partial charge in [0.05, 0.1) is 4.90 Å². The highest BCUT2D eigenvalue weighted by molar-refractivity contribution is 7.89. The van der Waals surface area contributed by atoms with Crippen LogP contribution < -0.4 is 9.62 Å². The fourth-order valence-electron chi connectivity index (χ4n) is 2.18. The Labute approximate surface area is 149 Å². The van der Waals surface area contributed by atoms with Crippen molar-refractivity contribution in [3.63, 3.8) is 0 Å². The molecule has 2 rings (SSSR count). The smallest absolute Gasteiger partial charge is 0.240 e. The largest absolute Gasteiger partial charge is 0.306 e. The van der Waals surface area contributed by atoms with Crippen molar-refractivity contribution < 1.29 is 22.0 Å². The van der Waals surface area contributed by atoms with Gasteiger partial charge in [-0.2, -0.15) is 0 Å². The first kappa shape index (κ1) is 19.3. The first-order chi connectivity index (χ1) is 11.7. The first-order valence-electron chi connectivity index (χ1n) is 7.20. The number of nitrogens with zero attached hydrogens (tertiary/aromatic N) is 1. The van der Waals surface area contributed by atoms with Crippen LogP contribution in [0, 0.1) is 11.6 Å². The summed E-state index contributed by atoms with van der Waals surface area (Å²) in [6.45, 7) is 0.659. The molecule has 0 heterocycles. The summed E-state index contributed by atoms with van der Waals surface area (Å²) in [6.07, 6.45) is 0. The van der Waals surface area contributed by atoms with Crippen molar-refractivity contribution in [2.75, 3.05) is 18.0 Å². The van der Waals surface area contributed by atoms with Gasteiger partial charge < -0.3 is 4.90 Å². The average molecular weight is 389 g/mol. The third-order valence-corrected chi connectivity index (χ3v) is 5.02. The Balaban J connectivity index is 2.14. The Kier molecular flexibility index (Phi) is 6.10. The Morgan fingerprint density at radius 2 is 1.76 bits per heavy atom. The number of amides is 1. The van der Waals surface area contributed by atoms with E-state index in [1.165, 1.54) is 30.3 Å². The molecule has 9 heteroatoms. The maximum absolute atomic E-state index is 13.8. The molecule has 1 N–H and O–H groups in total. The highest BCUT2D eigenvalue weighted by Crippen LogP contribution is 2.23. The highest BCUT2D eigenvalue weighted by Gasteiger charge is 2.21. The van der Waals surface area contributed by atoms with E-state index >= 15 is 0 Å². The van der Waals surface area contributed by atoms with Gasteiger partial charge in [-0.15, -0.1) is 0 Å². The molecule has 0 saturated carbocycles. The van der Waals surface area contributed by atoms with E-state index in [9.17, 15) is 22.0 Å². The number of nitrogens with one attached hydrogen (secondary N) is 1. The van der Waals surface area contributed by atoms with Gasteiger partial charge in [-0.3, -0.25) is 4.79 Å². The standard InChI is InChI=1S/C16H15ClF2N2O3S/c1-11(22)21(16-14(18)6-3-7-15(16)19)9-8-20-25(23,24)13-5-2-4-12(17)10-13/h2-7,10,20H,8-9H2,1H3. The minimum Gasteiger partial charge on any atom is -0.306 e. The van der Waals surface area contributed by atoms with E-state index in [4.69, 9.17) is 11.6 Å². The van der Waals surface area contributed by atoms with E-state index < -0.39 is 33.3 Å². The van der Waals surface area contributed by atoms with Gasteiger partial charge in [0.1, 0.15) is 17.3 Å². The summed E-state index contributed by atoms with van der Waals surface area (Å²) in [5, 5.41) is 0.252. The van der Waals surface area contributed by atoms with Gasteiger partial charge in [-0.25, -0.2) is 21.9 Å². The monoisotopic (exact) mass is 388 g/mol. The average Bonchev–Trinajstić information content (AvgIpc) is 2.53. The van der Waals surface area contributed by atoms with Crippen LogP contribution in [0.4, 0.5) is 14.5 Å². The normalized spacial score (nSPS) is 11.4. The summed E-state index contributed by atoms with van der Waals surface area (Å²) in [7, 11) is -3.87. The molecule has 0 aliphatic carbocycles. The topological polar surface area (TPSA) is 66.5 Å². The molecule has 2 aromatic rings. The Hall–Kier alpha value is -2.03. The van der Waals surface area contributed by atoms with Gasteiger partial charge in [0.25, 0.3) is 0 Å². The Morgan fingerprint density at radius 3 is 2.32 bits per heavy atom. The molecule has 0 aliphatic rings. The van der Waals surface area contributed by atoms with E-state index in [0.717, 1.165) is 24.0 Å². The van der Waals surface area contributed by atoms with Gasteiger partial charge in [0.2, 0.25) is 15.9 Å². The van der Waals surface area contributed by atoms with Crippen LogP contribution in [0.25, 0.3) is 0 Å². The summed E-state index contributed by atoms with van der Waals surface area (Å²) < 4.78 is 54.3. The zero-order valence-corrected chi connectivity index (χ0v) is 14.7. The lowest BCUT2D eigenvalue weighted by molar-refractivity contribution is -0.116. The molecule has 0 bridgehead atoms. The maximum Gasteiger partial charge on any atom is 0.240 e. The second kappa shape index (κ2) is 7.90. The van der Waals surface area contributed by atoms with Crippen LogP contribution in [0.2, 0.25) is 5.02 Å². The summed E-state index contributed by atoms with van der Waals surface area (Å²) in [4.78, 5) is 12.5. The molecule has 0 atom stereocenters. The fraction of sp³-hybridized carbons (Fsp3) is 0.188. The van der Waals surface area contributed by atoms with E-state index in [1.807, 2.05) is 0 Å². The van der Waals surface area contributed by atoms with Crippen molar-refractivity contribution in [2.24, 2.45) is 0 Å². The second-order valence-corrected chi connectivity index (χ2v) is 7.30. The number of rotatable bonds is 6. The third kappa shape index (κ3) is 4.75. The predicted octanol–water partition coefficient (Wildman–Crippen LogP) is 2.95. The number of hydrogen-bond donors (Lipinski definition) is 1. The molecule has 5 nitrogen and oxygen atoms in total. The minimum absolute atomic E-state index is 0.0496. The van der Waals surface area contributed by atoms with Crippen LogP contribution in [0.1, 0.15) is 6.92 Å². The fourth-order valence-corrected chi connectivity index (χ4v) is 3.50. The van der Waals surface area contributed by atoms with Crippen molar-refractivity contribution in [2.45, 2.75) is 11.8 Å². The molecule has 0 fully saturated rings. The lowest BCUT2D eigenvalue weighted by atomic mass is 10.2. The van der Waals surface area contributed by atoms with Crippen molar-refractivity contribution in [1.82, 2.24) is 4.72 Å². The molecule has 0 spiro atoms. The van der Waals surface area contributed by atoms with Crippen LogP contribution in [0.5, 0.6) is 0 Å². The summed E-state index contributed by atoms with van der Waals surface area (Å²) in [6, 6.07) is 8.84. The van der Waals surface area contributed by atoms with Gasteiger partial charge in [0.15, 0.2) is 0 Å². The quantitative estimate of drug-likeness (QED) is 0.827. The number of hydrogen-bond acceptors (Lipinski definition) is 3. The van der Waals surface area contributed by atoms with Crippen LogP contribution in [0.15, 0.2) is 47.4 Å². The molecule has 0 saturated heterocycles. The van der Waals surface area contributed by atoms with E-state index in [1.54, 1.807) is 0 Å². The summed E-state index contributed by atoms with van der Waals surface area (Å²) >= 11 is 5.76. The molecule has 2 aromatic carbocycles. The third-order valence-electron chi connectivity index (χ3n) is 3.32.